The molecule has 102 valence electrons. The van der Waals surface area contributed by atoms with E-state index in [0.29, 0.717) is 5.56 Å². The zero-order valence-corrected chi connectivity index (χ0v) is 11.5. The molecular weight excluding hydrogens is 243 g/mol. The van der Waals surface area contributed by atoms with Crippen LogP contribution in [0.25, 0.3) is 0 Å². The van der Waals surface area contributed by atoms with Crippen LogP contribution in [0.1, 0.15) is 36.7 Å². The normalized spacial score (nSPS) is 12.6. The fraction of sp³-hybridized carbons (Fsp3) is 0.429. The van der Waals surface area contributed by atoms with Crippen molar-refractivity contribution in [3.05, 3.63) is 47.3 Å². The average molecular weight is 262 g/mol. The van der Waals surface area contributed by atoms with Crippen molar-refractivity contribution in [3.8, 4) is 0 Å². The molecule has 0 fully saturated rings. The van der Waals surface area contributed by atoms with Crippen molar-refractivity contribution in [1.82, 2.24) is 20.1 Å². The predicted molar refractivity (Wildman–Crippen MR) is 72.3 cm³/mol. The lowest BCUT2D eigenvalue weighted by molar-refractivity contribution is 0.552. The number of rotatable bonds is 5. The van der Waals surface area contributed by atoms with E-state index in [1.165, 1.54) is 6.20 Å². The molecule has 0 aliphatic carbocycles. The molecule has 0 aliphatic rings. The molecule has 5 heteroatoms. The quantitative estimate of drug-likeness (QED) is 0.898. The molecule has 1 atom stereocenters. The number of halogens is 1. The van der Waals surface area contributed by atoms with Gasteiger partial charge in [-0.3, -0.25) is 9.67 Å². The van der Waals surface area contributed by atoms with Crippen molar-refractivity contribution < 1.29 is 4.39 Å². The summed E-state index contributed by atoms with van der Waals surface area (Å²) >= 11 is 0. The number of hydrogen-bond acceptors (Lipinski definition) is 3. The van der Waals surface area contributed by atoms with Crippen LogP contribution >= 0.6 is 0 Å². The second-order valence-corrected chi connectivity index (χ2v) is 4.45. The van der Waals surface area contributed by atoms with E-state index in [2.05, 4.69) is 22.3 Å². The van der Waals surface area contributed by atoms with Crippen LogP contribution in [0, 0.1) is 5.82 Å². The summed E-state index contributed by atoms with van der Waals surface area (Å²) in [4.78, 5) is 3.81. The molecule has 19 heavy (non-hydrogen) atoms. The monoisotopic (exact) mass is 262 g/mol. The number of nitrogens with zero attached hydrogens (tertiary/aromatic N) is 3. The molecular formula is C14H19FN4. The summed E-state index contributed by atoms with van der Waals surface area (Å²) in [6.07, 6.45) is 5.64. The fourth-order valence-electron chi connectivity index (χ4n) is 2.28. The molecule has 2 rings (SSSR count). The maximum atomic E-state index is 14.0. The van der Waals surface area contributed by atoms with Gasteiger partial charge in [-0.15, -0.1) is 0 Å². The molecule has 0 spiro atoms. The van der Waals surface area contributed by atoms with Gasteiger partial charge in [0.05, 0.1) is 17.9 Å². The molecule has 0 amide bonds. The molecule has 0 saturated carbocycles. The van der Waals surface area contributed by atoms with E-state index in [-0.39, 0.29) is 11.9 Å². The largest absolute Gasteiger partial charge is 0.306 e. The van der Waals surface area contributed by atoms with Crippen LogP contribution in [0.3, 0.4) is 0 Å². The Morgan fingerprint density at radius 1 is 1.37 bits per heavy atom. The fourth-order valence-corrected chi connectivity index (χ4v) is 2.28. The maximum absolute atomic E-state index is 14.0. The second kappa shape index (κ2) is 5.93. The minimum Gasteiger partial charge on any atom is -0.306 e. The third-order valence-corrected chi connectivity index (χ3v) is 3.11. The van der Waals surface area contributed by atoms with E-state index in [0.717, 1.165) is 24.2 Å². The van der Waals surface area contributed by atoms with Crippen LogP contribution in [0.5, 0.6) is 0 Å². The molecule has 0 aliphatic heterocycles. The standard InChI is InChI=1S/C14H19FN4/c1-4-13-11(9-19(3)18-13)14(17-5-2)10-6-7-16-8-12(10)15/h6-9,14,17H,4-5H2,1-3H3. The topological polar surface area (TPSA) is 42.7 Å². The van der Waals surface area contributed by atoms with Crippen molar-refractivity contribution >= 4 is 0 Å². The van der Waals surface area contributed by atoms with E-state index in [1.807, 2.05) is 20.2 Å². The van der Waals surface area contributed by atoms with Crippen LogP contribution in [0.15, 0.2) is 24.7 Å². The first kappa shape index (κ1) is 13.7. The van der Waals surface area contributed by atoms with Gasteiger partial charge in [0.1, 0.15) is 5.82 Å². The second-order valence-electron chi connectivity index (χ2n) is 4.45. The Bertz CT molecular complexity index is 550. The molecule has 2 aromatic heterocycles. The van der Waals surface area contributed by atoms with Crippen LogP contribution < -0.4 is 5.32 Å². The predicted octanol–water partition coefficient (Wildman–Crippen LogP) is 2.22. The summed E-state index contributed by atoms with van der Waals surface area (Å²) in [6.45, 7) is 4.82. The number of nitrogens with one attached hydrogen (secondary N) is 1. The van der Waals surface area contributed by atoms with Gasteiger partial charge in [-0.1, -0.05) is 13.8 Å². The molecule has 0 radical (unpaired) electrons. The van der Waals surface area contributed by atoms with E-state index in [1.54, 1.807) is 16.9 Å². The minimum absolute atomic E-state index is 0.184. The van der Waals surface area contributed by atoms with Crippen LogP contribution in [-0.4, -0.2) is 21.3 Å². The summed E-state index contributed by atoms with van der Waals surface area (Å²) in [6, 6.07) is 1.53. The van der Waals surface area contributed by atoms with E-state index < -0.39 is 0 Å². The van der Waals surface area contributed by atoms with Crippen LogP contribution in [-0.2, 0) is 13.5 Å². The Balaban J connectivity index is 2.48. The molecule has 2 heterocycles. The number of pyridine rings is 1. The van der Waals surface area contributed by atoms with Gasteiger partial charge in [0.15, 0.2) is 0 Å². The van der Waals surface area contributed by atoms with Gasteiger partial charge >= 0.3 is 0 Å². The van der Waals surface area contributed by atoms with Crippen molar-refractivity contribution in [2.24, 2.45) is 7.05 Å². The SMILES string of the molecule is CCNC(c1ccncc1F)c1cn(C)nc1CC. The number of aryl methyl sites for hydroxylation is 2. The Hall–Kier alpha value is -1.75. The minimum atomic E-state index is -0.292. The van der Waals surface area contributed by atoms with Gasteiger partial charge in [-0.25, -0.2) is 4.39 Å². The third-order valence-electron chi connectivity index (χ3n) is 3.11. The number of aromatic nitrogens is 3. The molecule has 4 nitrogen and oxygen atoms in total. The molecule has 0 aromatic carbocycles. The highest BCUT2D eigenvalue weighted by molar-refractivity contribution is 5.33. The lowest BCUT2D eigenvalue weighted by atomic mass is 9.99. The third kappa shape index (κ3) is 2.81. The van der Waals surface area contributed by atoms with E-state index >= 15 is 0 Å². The Morgan fingerprint density at radius 3 is 2.79 bits per heavy atom. The first-order valence-corrected chi connectivity index (χ1v) is 6.52. The summed E-state index contributed by atoms with van der Waals surface area (Å²) in [5.41, 5.74) is 2.63. The zero-order chi connectivity index (χ0) is 13.8. The lowest BCUT2D eigenvalue weighted by Crippen LogP contribution is -2.23. The maximum Gasteiger partial charge on any atom is 0.146 e. The van der Waals surface area contributed by atoms with Gasteiger partial charge in [0, 0.05) is 30.6 Å². The van der Waals surface area contributed by atoms with Crippen molar-refractivity contribution in [2.45, 2.75) is 26.3 Å². The first-order chi connectivity index (χ1) is 9.17. The van der Waals surface area contributed by atoms with Crippen molar-refractivity contribution in [3.63, 3.8) is 0 Å². The Kier molecular flexibility index (Phi) is 4.27. The van der Waals surface area contributed by atoms with Crippen molar-refractivity contribution in [1.29, 1.82) is 0 Å². The molecule has 1 N–H and O–H groups in total. The smallest absolute Gasteiger partial charge is 0.146 e. The van der Waals surface area contributed by atoms with Crippen LogP contribution in [0.2, 0.25) is 0 Å². The van der Waals surface area contributed by atoms with Crippen LogP contribution in [0.4, 0.5) is 4.39 Å². The zero-order valence-electron chi connectivity index (χ0n) is 11.5. The highest BCUT2D eigenvalue weighted by atomic mass is 19.1. The molecule has 2 aromatic rings. The average Bonchev–Trinajstić information content (AvgIpc) is 2.78. The van der Waals surface area contributed by atoms with E-state index in [4.69, 9.17) is 0 Å². The Morgan fingerprint density at radius 2 is 2.16 bits per heavy atom. The van der Waals surface area contributed by atoms with Gasteiger partial charge in [0.25, 0.3) is 0 Å². The van der Waals surface area contributed by atoms with E-state index in [9.17, 15) is 4.39 Å². The first-order valence-electron chi connectivity index (χ1n) is 6.52. The summed E-state index contributed by atoms with van der Waals surface area (Å²) in [5, 5.41) is 7.75. The van der Waals surface area contributed by atoms with Gasteiger partial charge < -0.3 is 5.32 Å². The highest BCUT2D eigenvalue weighted by Crippen LogP contribution is 2.26. The summed E-state index contributed by atoms with van der Waals surface area (Å²) in [5.74, 6) is -0.292. The Labute approximate surface area is 112 Å². The summed E-state index contributed by atoms with van der Waals surface area (Å²) < 4.78 is 15.7. The molecule has 0 saturated heterocycles. The van der Waals surface area contributed by atoms with Gasteiger partial charge in [-0.2, -0.15) is 5.10 Å². The van der Waals surface area contributed by atoms with Gasteiger partial charge in [0.2, 0.25) is 0 Å². The summed E-state index contributed by atoms with van der Waals surface area (Å²) in [7, 11) is 1.88. The number of hydrogen-bond donors (Lipinski definition) is 1. The molecule has 0 bridgehead atoms. The molecule has 1 unspecified atom stereocenters. The highest BCUT2D eigenvalue weighted by Gasteiger charge is 2.21. The van der Waals surface area contributed by atoms with Gasteiger partial charge in [-0.05, 0) is 19.0 Å². The van der Waals surface area contributed by atoms with Crippen molar-refractivity contribution in [2.75, 3.05) is 6.54 Å². The lowest BCUT2D eigenvalue weighted by Gasteiger charge is -2.18.